The van der Waals surface area contributed by atoms with Gasteiger partial charge in [-0.25, -0.2) is 9.78 Å². The van der Waals surface area contributed by atoms with Gasteiger partial charge in [-0.3, -0.25) is 0 Å². The van der Waals surface area contributed by atoms with Crippen LogP contribution in [0.1, 0.15) is 15.9 Å². The molecular weight excluding hydrogens is 282 g/mol. The number of nitrogens with zero attached hydrogens (tertiary/aromatic N) is 1. The van der Waals surface area contributed by atoms with E-state index in [1.807, 2.05) is 12.3 Å². The number of furan rings is 1. The second kappa shape index (κ2) is 4.64. The van der Waals surface area contributed by atoms with Crippen molar-refractivity contribution in [3.63, 3.8) is 0 Å². The maximum absolute atomic E-state index is 10.8. The van der Waals surface area contributed by atoms with Crippen LogP contribution in [0.5, 0.6) is 0 Å². The molecule has 0 saturated heterocycles. The summed E-state index contributed by atoms with van der Waals surface area (Å²) in [5.74, 6) is -0.521. The first-order valence-electron chi connectivity index (χ1n) is 5.46. The van der Waals surface area contributed by atoms with E-state index in [1.165, 1.54) is 29.2 Å². The molecule has 0 spiro atoms. The quantitative estimate of drug-likeness (QED) is 0.787. The standard InChI is InChI=1S/C13H9NO3S2/c1-7-4-18-5-9(7)12-14-10(6-19-12)11-2-8(3-17-11)13(15)16/h2-6H,1H3,(H,15,16). The predicted molar refractivity (Wildman–Crippen MR) is 74.8 cm³/mol. The average molecular weight is 291 g/mol. The summed E-state index contributed by atoms with van der Waals surface area (Å²) in [6.07, 6.45) is 1.23. The van der Waals surface area contributed by atoms with E-state index in [2.05, 4.69) is 15.7 Å². The van der Waals surface area contributed by atoms with Crippen LogP contribution in [-0.2, 0) is 0 Å². The van der Waals surface area contributed by atoms with Crippen molar-refractivity contribution in [3.05, 3.63) is 39.6 Å². The number of rotatable bonds is 3. The lowest BCUT2D eigenvalue weighted by Crippen LogP contribution is -1.91. The molecule has 0 amide bonds. The number of carboxylic acid groups (broad SMARTS) is 1. The molecule has 3 rings (SSSR count). The topological polar surface area (TPSA) is 63.3 Å². The summed E-state index contributed by atoms with van der Waals surface area (Å²) >= 11 is 3.16. The Bertz CT molecular complexity index is 739. The van der Waals surface area contributed by atoms with Crippen molar-refractivity contribution in [1.82, 2.24) is 4.98 Å². The Morgan fingerprint density at radius 1 is 1.37 bits per heavy atom. The maximum atomic E-state index is 10.8. The Labute approximate surface area is 117 Å². The first-order valence-corrected chi connectivity index (χ1v) is 7.28. The van der Waals surface area contributed by atoms with Crippen LogP contribution in [0.3, 0.4) is 0 Å². The highest BCUT2D eigenvalue weighted by molar-refractivity contribution is 7.14. The minimum Gasteiger partial charge on any atom is -0.478 e. The zero-order valence-corrected chi connectivity index (χ0v) is 11.5. The molecule has 19 heavy (non-hydrogen) atoms. The van der Waals surface area contributed by atoms with Gasteiger partial charge in [0.15, 0.2) is 5.76 Å². The molecule has 0 aromatic carbocycles. The van der Waals surface area contributed by atoms with Gasteiger partial charge in [0.1, 0.15) is 17.0 Å². The van der Waals surface area contributed by atoms with Gasteiger partial charge in [-0.1, -0.05) is 0 Å². The van der Waals surface area contributed by atoms with Gasteiger partial charge in [-0.05, 0) is 17.9 Å². The molecule has 3 aromatic rings. The number of carbonyl (C=O) groups is 1. The van der Waals surface area contributed by atoms with Gasteiger partial charge >= 0.3 is 5.97 Å². The van der Waals surface area contributed by atoms with E-state index in [0.29, 0.717) is 11.5 Å². The van der Waals surface area contributed by atoms with Gasteiger partial charge in [0, 0.05) is 22.4 Å². The molecule has 96 valence electrons. The number of hydrogen-bond acceptors (Lipinski definition) is 5. The molecule has 0 fully saturated rings. The molecule has 0 aliphatic heterocycles. The normalized spacial score (nSPS) is 10.8. The number of hydrogen-bond donors (Lipinski definition) is 1. The SMILES string of the molecule is Cc1cscc1-c1nc(-c2cc(C(=O)O)co2)cs1. The molecule has 6 heteroatoms. The van der Waals surface area contributed by atoms with Gasteiger partial charge in [0.2, 0.25) is 0 Å². The zero-order chi connectivity index (χ0) is 13.4. The summed E-state index contributed by atoms with van der Waals surface area (Å²) in [7, 11) is 0. The molecule has 3 heterocycles. The average Bonchev–Trinajstić information content (AvgIpc) is 3.07. The summed E-state index contributed by atoms with van der Waals surface area (Å²) in [4.78, 5) is 15.3. The van der Waals surface area contributed by atoms with Crippen molar-refractivity contribution < 1.29 is 14.3 Å². The minimum absolute atomic E-state index is 0.135. The Morgan fingerprint density at radius 3 is 2.84 bits per heavy atom. The lowest BCUT2D eigenvalue weighted by molar-refractivity contribution is 0.0696. The highest BCUT2D eigenvalue weighted by Gasteiger charge is 2.14. The first kappa shape index (κ1) is 12.1. The number of aryl methyl sites for hydroxylation is 1. The predicted octanol–water partition coefficient (Wildman–Crippen LogP) is 4.14. The second-order valence-electron chi connectivity index (χ2n) is 4.01. The van der Waals surface area contributed by atoms with Crippen LogP contribution in [-0.4, -0.2) is 16.1 Å². The highest BCUT2D eigenvalue weighted by Crippen LogP contribution is 2.33. The number of thiophene rings is 1. The molecule has 0 unspecified atom stereocenters. The maximum Gasteiger partial charge on any atom is 0.338 e. The summed E-state index contributed by atoms with van der Waals surface area (Å²) in [5.41, 5.74) is 3.11. The third kappa shape index (κ3) is 2.20. The summed E-state index contributed by atoms with van der Waals surface area (Å²) in [6.45, 7) is 2.04. The molecular formula is C13H9NO3S2. The van der Waals surface area contributed by atoms with E-state index in [9.17, 15) is 4.79 Å². The molecule has 0 aliphatic rings. The highest BCUT2D eigenvalue weighted by atomic mass is 32.1. The molecule has 0 bridgehead atoms. The first-order chi connectivity index (χ1) is 9.15. The van der Waals surface area contributed by atoms with Crippen LogP contribution < -0.4 is 0 Å². The van der Waals surface area contributed by atoms with Crippen molar-refractivity contribution >= 4 is 28.6 Å². The van der Waals surface area contributed by atoms with Crippen LogP contribution in [0.25, 0.3) is 22.0 Å². The summed E-state index contributed by atoms with van der Waals surface area (Å²) in [5, 5.41) is 15.8. The van der Waals surface area contributed by atoms with Gasteiger partial charge in [0.25, 0.3) is 0 Å². The van der Waals surface area contributed by atoms with E-state index in [0.717, 1.165) is 10.6 Å². The van der Waals surface area contributed by atoms with Crippen molar-refractivity contribution in [2.45, 2.75) is 6.92 Å². The second-order valence-corrected chi connectivity index (χ2v) is 5.61. The Hall–Kier alpha value is -1.92. The monoisotopic (exact) mass is 291 g/mol. The van der Waals surface area contributed by atoms with E-state index < -0.39 is 5.97 Å². The smallest absolute Gasteiger partial charge is 0.338 e. The zero-order valence-electron chi connectivity index (χ0n) is 9.91. The van der Waals surface area contributed by atoms with Crippen LogP contribution in [0, 0.1) is 6.92 Å². The third-order valence-electron chi connectivity index (χ3n) is 2.69. The fourth-order valence-electron chi connectivity index (χ4n) is 1.67. The lowest BCUT2D eigenvalue weighted by Gasteiger charge is -1.92. The van der Waals surface area contributed by atoms with Crippen LogP contribution in [0.4, 0.5) is 0 Å². The molecule has 0 aliphatic carbocycles. The largest absolute Gasteiger partial charge is 0.478 e. The van der Waals surface area contributed by atoms with E-state index >= 15 is 0 Å². The van der Waals surface area contributed by atoms with Crippen LogP contribution in [0.2, 0.25) is 0 Å². The van der Waals surface area contributed by atoms with Crippen molar-refractivity contribution in [2.75, 3.05) is 0 Å². The molecule has 0 saturated carbocycles. The van der Waals surface area contributed by atoms with Gasteiger partial charge in [0.05, 0.1) is 5.56 Å². The van der Waals surface area contributed by atoms with Gasteiger partial charge < -0.3 is 9.52 Å². The Kier molecular flexibility index (Phi) is 2.96. The summed E-state index contributed by atoms with van der Waals surface area (Å²) in [6, 6.07) is 1.49. The molecule has 0 radical (unpaired) electrons. The Morgan fingerprint density at radius 2 is 2.21 bits per heavy atom. The van der Waals surface area contributed by atoms with Gasteiger partial charge in [-0.15, -0.1) is 11.3 Å². The van der Waals surface area contributed by atoms with Crippen LogP contribution in [0.15, 0.2) is 32.9 Å². The summed E-state index contributed by atoms with van der Waals surface area (Å²) < 4.78 is 5.24. The minimum atomic E-state index is -1.00. The van der Waals surface area contributed by atoms with Crippen molar-refractivity contribution in [2.24, 2.45) is 0 Å². The molecule has 3 aromatic heterocycles. The van der Waals surface area contributed by atoms with Crippen molar-refractivity contribution in [3.8, 4) is 22.0 Å². The number of carboxylic acids is 1. The van der Waals surface area contributed by atoms with Crippen LogP contribution >= 0.6 is 22.7 Å². The fourth-order valence-corrected chi connectivity index (χ4v) is 3.47. The third-order valence-corrected chi connectivity index (χ3v) is 4.43. The van der Waals surface area contributed by atoms with E-state index in [4.69, 9.17) is 9.52 Å². The Balaban J connectivity index is 1.97. The van der Waals surface area contributed by atoms with E-state index in [-0.39, 0.29) is 5.56 Å². The molecule has 4 nitrogen and oxygen atoms in total. The van der Waals surface area contributed by atoms with E-state index in [1.54, 1.807) is 11.3 Å². The van der Waals surface area contributed by atoms with Gasteiger partial charge in [-0.2, -0.15) is 11.3 Å². The number of aromatic nitrogens is 1. The number of aromatic carboxylic acids is 1. The molecule has 0 atom stereocenters. The lowest BCUT2D eigenvalue weighted by atomic mass is 10.2. The van der Waals surface area contributed by atoms with Crippen molar-refractivity contribution in [1.29, 1.82) is 0 Å². The fraction of sp³-hybridized carbons (Fsp3) is 0.0769. The number of thiazole rings is 1. The molecule has 1 N–H and O–H groups in total.